The van der Waals surface area contributed by atoms with Crippen molar-refractivity contribution in [2.45, 2.75) is 6.10 Å². The molecule has 0 aliphatic carbocycles. The molecule has 2 N–H and O–H groups in total. The van der Waals surface area contributed by atoms with Crippen molar-refractivity contribution < 1.29 is 9.53 Å². The van der Waals surface area contributed by atoms with Crippen molar-refractivity contribution in [1.82, 2.24) is 20.3 Å². The first-order chi connectivity index (χ1) is 15.1. The van der Waals surface area contributed by atoms with Gasteiger partial charge >= 0.3 is 0 Å². The molecule has 1 aliphatic heterocycles. The van der Waals surface area contributed by atoms with Crippen LogP contribution in [0.5, 0.6) is 5.75 Å². The van der Waals surface area contributed by atoms with Crippen LogP contribution in [0.1, 0.15) is 15.9 Å². The van der Waals surface area contributed by atoms with Crippen LogP contribution in [-0.4, -0.2) is 47.1 Å². The van der Waals surface area contributed by atoms with Crippen LogP contribution in [-0.2, 0) is 0 Å². The van der Waals surface area contributed by atoms with Crippen molar-refractivity contribution in [2.24, 2.45) is 0 Å². The number of nitrogens with zero attached hydrogens (tertiary/aromatic N) is 5. The highest BCUT2D eigenvalue weighted by molar-refractivity contribution is 6.31. The summed E-state index contributed by atoms with van der Waals surface area (Å²) in [7, 11) is 1.58. The van der Waals surface area contributed by atoms with Crippen LogP contribution in [0, 0.1) is 11.3 Å². The summed E-state index contributed by atoms with van der Waals surface area (Å²) in [4.78, 5) is 26.6. The molecule has 1 aliphatic rings. The summed E-state index contributed by atoms with van der Waals surface area (Å²) in [6.07, 6.45) is 1.39. The number of nitriles is 1. The number of rotatable bonds is 6. The monoisotopic (exact) mass is 435 g/mol. The Labute approximate surface area is 183 Å². The molecule has 0 unspecified atom stereocenters. The van der Waals surface area contributed by atoms with E-state index in [2.05, 4.69) is 25.6 Å². The molecule has 1 fully saturated rings. The number of anilines is 3. The number of carbonyl (C=O) groups is 1. The number of aromatic nitrogens is 3. The molecule has 0 spiro atoms. The van der Waals surface area contributed by atoms with E-state index in [0.717, 1.165) is 0 Å². The van der Waals surface area contributed by atoms with Gasteiger partial charge in [0.1, 0.15) is 24.3 Å². The van der Waals surface area contributed by atoms with Crippen molar-refractivity contribution >= 4 is 35.1 Å². The first kappa shape index (κ1) is 20.4. The van der Waals surface area contributed by atoms with Crippen LogP contribution < -0.4 is 20.3 Å². The quantitative estimate of drug-likeness (QED) is 0.607. The Kier molecular flexibility index (Phi) is 5.82. The Morgan fingerprint density at radius 2 is 2.10 bits per heavy atom. The standard InChI is InChI=1S/C21H18ClN7O2/c1-24-19(30)13-3-2-4-15(7-13)27-20-25-12-26-21(28-20)29-10-17(11-29)31-16-6-5-14(9-23)18(22)8-16/h2-8,12,17H,10-11H2,1H3,(H,24,30)(H,25,26,27,28). The molecule has 3 aromatic rings. The van der Waals surface area contributed by atoms with Crippen molar-refractivity contribution in [2.75, 3.05) is 30.4 Å². The summed E-state index contributed by atoms with van der Waals surface area (Å²) in [5.74, 6) is 1.35. The second-order valence-corrected chi connectivity index (χ2v) is 7.20. The van der Waals surface area contributed by atoms with Crippen molar-refractivity contribution in [1.29, 1.82) is 5.26 Å². The van der Waals surface area contributed by atoms with E-state index in [9.17, 15) is 4.79 Å². The van der Waals surface area contributed by atoms with Gasteiger partial charge in [-0.15, -0.1) is 0 Å². The van der Waals surface area contributed by atoms with Gasteiger partial charge < -0.3 is 20.3 Å². The number of nitrogens with one attached hydrogen (secondary N) is 2. The van der Waals surface area contributed by atoms with E-state index in [1.807, 2.05) is 17.0 Å². The number of halogens is 1. The molecule has 0 atom stereocenters. The zero-order chi connectivity index (χ0) is 21.8. The van der Waals surface area contributed by atoms with Gasteiger partial charge in [-0.05, 0) is 30.3 Å². The average Bonchev–Trinajstić information content (AvgIpc) is 2.76. The van der Waals surface area contributed by atoms with Crippen LogP contribution in [0.2, 0.25) is 5.02 Å². The molecule has 0 radical (unpaired) electrons. The van der Waals surface area contributed by atoms with E-state index in [4.69, 9.17) is 21.6 Å². The molecule has 0 saturated carbocycles. The van der Waals surface area contributed by atoms with Crippen LogP contribution in [0.15, 0.2) is 48.8 Å². The maximum Gasteiger partial charge on any atom is 0.251 e. The summed E-state index contributed by atoms with van der Waals surface area (Å²) in [5, 5.41) is 15.0. The van der Waals surface area contributed by atoms with Crippen molar-refractivity contribution in [3.8, 4) is 11.8 Å². The summed E-state index contributed by atoms with van der Waals surface area (Å²) < 4.78 is 5.89. The summed E-state index contributed by atoms with van der Waals surface area (Å²) >= 11 is 6.05. The third-order valence-corrected chi connectivity index (χ3v) is 4.97. The van der Waals surface area contributed by atoms with E-state index in [0.29, 0.717) is 52.6 Å². The van der Waals surface area contributed by atoms with Gasteiger partial charge in [0, 0.05) is 24.4 Å². The highest BCUT2D eigenvalue weighted by atomic mass is 35.5. The van der Waals surface area contributed by atoms with E-state index in [1.54, 1.807) is 43.4 Å². The first-order valence-electron chi connectivity index (χ1n) is 9.45. The smallest absolute Gasteiger partial charge is 0.251 e. The van der Waals surface area contributed by atoms with Crippen molar-refractivity contribution in [3.05, 3.63) is 64.9 Å². The predicted octanol–water partition coefficient (Wildman–Crippen LogP) is 2.77. The Hall–Kier alpha value is -3.90. The molecule has 0 bridgehead atoms. The van der Waals surface area contributed by atoms with Gasteiger partial charge in [0.2, 0.25) is 11.9 Å². The van der Waals surface area contributed by atoms with Crippen LogP contribution in [0.25, 0.3) is 0 Å². The summed E-state index contributed by atoms with van der Waals surface area (Å²) in [6.45, 7) is 1.21. The molecule has 156 valence electrons. The number of carbonyl (C=O) groups excluding carboxylic acids is 1. The predicted molar refractivity (Wildman–Crippen MR) is 116 cm³/mol. The number of hydrogen-bond acceptors (Lipinski definition) is 8. The van der Waals surface area contributed by atoms with Gasteiger partial charge in [0.05, 0.1) is 23.7 Å². The number of amides is 1. The molecule has 9 nitrogen and oxygen atoms in total. The van der Waals surface area contributed by atoms with E-state index in [1.165, 1.54) is 6.33 Å². The van der Waals surface area contributed by atoms with Gasteiger partial charge in [0.25, 0.3) is 5.91 Å². The normalized spacial score (nSPS) is 13.1. The minimum absolute atomic E-state index is 0.0404. The highest BCUT2D eigenvalue weighted by Crippen LogP contribution is 2.26. The third kappa shape index (κ3) is 4.65. The van der Waals surface area contributed by atoms with Gasteiger partial charge in [0.15, 0.2) is 0 Å². The fourth-order valence-corrected chi connectivity index (χ4v) is 3.25. The molecule has 1 saturated heterocycles. The first-order valence-corrected chi connectivity index (χ1v) is 9.83. The maximum atomic E-state index is 11.8. The molecule has 2 aromatic carbocycles. The molecule has 31 heavy (non-hydrogen) atoms. The second-order valence-electron chi connectivity index (χ2n) is 6.79. The Bertz CT molecular complexity index is 1160. The molecular formula is C21H18ClN7O2. The Morgan fingerprint density at radius 3 is 2.84 bits per heavy atom. The van der Waals surface area contributed by atoms with Crippen molar-refractivity contribution in [3.63, 3.8) is 0 Å². The van der Waals surface area contributed by atoms with Crippen LogP contribution >= 0.6 is 11.6 Å². The minimum Gasteiger partial charge on any atom is -0.487 e. The molecule has 4 rings (SSSR count). The lowest BCUT2D eigenvalue weighted by atomic mass is 10.1. The van der Waals surface area contributed by atoms with Gasteiger partial charge in [-0.25, -0.2) is 9.97 Å². The molecule has 10 heteroatoms. The fraction of sp³-hybridized carbons (Fsp3) is 0.190. The lowest BCUT2D eigenvalue weighted by molar-refractivity contribution is 0.0963. The van der Waals surface area contributed by atoms with Gasteiger partial charge in [-0.2, -0.15) is 10.2 Å². The van der Waals surface area contributed by atoms with Crippen LogP contribution in [0.3, 0.4) is 0 Å². The number of ether oxygens (including phenoxy) is 1. The zero-order valence-corrected chi connectivity index (χ0v) is 17.3. The molecule has 2 heterocycles. The van der Waals surface area contributed by atoms with E-state index < -0.39 is 0 Å². The topological polar surface area (TPSA) is 116 Å². The molecular weight excluding hydrogens is 418 g/mol. The fourth-order valence-electron chi connectivity index (χ4n) is 3.04. The van der Waals surface area contributed by atoms with Crippen LogP contribution in [0.4, 0.5) is 17.6 Å². The van der Waals surface area contributed by atoms with Gasteiger partial charge in [-0.3, -0.25) is 4.79 Å². The second kappa shape index (κ2) is 8.85. The number of hydrogen-bond donors (Lipinski definition) is 2. The summed E-state index contributed by atoms with van der Waals surface area (Å²) in [6, 6.07) is 14.1. The lowest BCUT2D eigenvalue weighted by Crippen LogP contribution is -2.54. The van der Waals surface area contributed by atoms with E-state index in [-0.39, 0.29) is 12.0 Å². The third-order valence-electron chi connectivity index (χ3n) is 4.66. The van der Waals surface area contributed by atoms with E-state index >= 15 is 0 Å². The highest BCUT2D eigenvalue weighted by Gasteiger charge is 2.31. The molecule has 1 amide bonds. The molecule has 1 aromatic heterocycles. The number of benzene rings is 2. The largest absolute Gasteiger partial charge is 0.487 e. The zero-order valence-electron chi connectivity index (χ0n) is 16.5. The lowest BCUT2D eigenvalue weighted by Gasteiger charge is -2.38. The maximum absolute atomic E-state index is 11.8. The summed E-state index contributed by atoms with van der Waals surface area (Å²) in [5.41, 5.74) is 1.64. The Morgan fingerprint density at radius 1 is 1.26 bits per heavy atom. The Balaban J connectivity index is 1.37. The average molecular weight is 436 g/mol. The SMILES string of the molecule is CNC(=O)c1cccc(Nc2ncnc(N3CC(Oc4ccc(C#N)c(Cl)c4)C3)n2)c1. The van der Waals surface area contributed by atoms with Gasteiger partial charge in [-0.1, -0.05) is 17.7 Å². The minimum atomic E-state index is -0.171.